The van der Waals surface area contributed by atoms with Crippen LogP contribution in [0.15, 0.2) is 53.6 Å². The lowest BCUT2D eigenvalue weighted by molar-refractivity contribution is 0.122. The normalized spacial score (nSPS) is 14.4. The van der Waals surface area contributed by atoms with Gasteiger partial charge in [-0.1, -0.05) is 12.2 Å². The van der Waals surface area contributed by atoms with E-state index in [2.05, 4.69) is 33.0 Å². The third-order valence-corrected chi connectivity index (χ3v) is 5.85. The highest BCUT2D eigenvalue weighted by Gasteiger charge is 2.20. The first-order valence-electron chi connectivity index (χ1n) is 11.2. The number of allylic oxidation sites excluding steroid dienone is 3. The van der Waals surface area contributed by atoms with E-state index in [-0.39, 0.29) is 10.9 Å². The average molecular weight is 474 g/mol. The number of nitrogens with zero attached hydrogens (tertiary/aromatic N) is 4. The summed E-state index contributed by atoms with van der Waals surface area (Å²) in [5.41, 5.74) is 4.12. The second-order valence-corrected chi connectivity index (χ2v) is 8.05. The molecule has 178 valence electrons. The van der Waals surface area contributed by atoms with Gasteiger partial charge in [-0.3, -0.25) is 4.99 Å². The second-order valence-electron chi connectivity index (χ2n) is 8.05. The van der Waals surface area contributed by atoms with Crippen LogP contribution in [0.4, 0.5) is 25.8 Å². The van der Waals surface area contributed by atoms with E-state index in [0.29, 0.717) is 60.2 Å². The van der Waals surface area contributed by atoms with Crippen molar-refractivity contribution in [2.75, 3.05) is 36.5 Å². The van der Waals surface area contributed by atoms with Crippen LogP contribution in [-0.4, -0.2) is 38.0 Å². The van der Waals surface area contributed by atoms with Crippen LogP contribution in [0.1, 0.15) is 23.7 Å². The number of anilines is 3. The summed E-state index contributed by atoms with van der Waals surface area (Å²) in [6, 6.07) is 9.62. The molecular formula is C27H25F2N5O. The Kier molecular flexibility index (Phi) is 7.18. The predicted octanol–water partition coefficient (Wildman–Crippen LogP) is 5.89. The summed E-state index contributed by atoms with van der Waals surface area (Å²) in [4.78, 5) is 10.7. The van der Waals surface area contributed by atoms with E-state index in [1.54, 1.807) is 31.2 Å². The minimum atomic E-state index is -0.725. The SMILES string of the molecule is C=N/C(=C\C=C/C)c1nc2cc(F)cc(F)c2c(Nc2ccc(C#N)c(N3CCOCC3)c2)c1C. The molecule has 0 aliphatic carbocycles. The van der Waals surface area contributed by atoms with Gasteiger partial charge in [0.05, 0.1) is 52.4 Å². The fraction of sp³-hybridized carbons (Fsp3) is 0.222. The van der Waals surface area contributed by atoms with Gasteiger partial charge in [0.25, 0.3) is 0 Å². The van der Waals surface area contributed by atoms with E-state index in [0.717, 1.165) is 11.8 Å². The minimum absolute atomic E-state index is 0.155. The number of nitrogens with one attached hydrogen (secondary N) is 1. The number of rotatable bonds is 6. The van der Waals surface area contributed by atoms with Crippen LogP contribution in [0, 0.1) is 29.9 Å². The molecule has 1 aliphatic heterocycles. The number of pyridine rings is 1. The Morgan fingerprint density at radius 1 is 1.26 bits per heavy atom. The highest BCUT2D eigenvalue weighted by atomic mass is 19.1. The maximum Gasteiger partial charge on any atom is 0.137 e. The summed E-state index contributed by atoms with van der Waals surface area (Å²) >= 11 is 0. The van der Waals surface area contributed by atoms with Crippen LogP contribution in [-0.2, 0) is 4.74 Å². The minimum Gasteiger partial charge on any atom is -0.378 e. The van der Waals surface area contributed by atoms with Gasteiger partial charge in [-0.15, -0.1) is 0 Å². The highest BCUT2D eigenvalue weighted by Crippen LogP contribution is 2.37. The number of morpholine rings is 1. The molecule has 3 aromatic rings. The van der Waals surface area contributed by atoms with Crippen LogP contribution in [0.2, 0.25) is 0 Å². The van der Waals surface area contributed by atoms with E-state index in [1.165, 1.54) is 6.07 Å². The number of fused-ring (bicyclic) bond motifs is 1. The largest absolute Gasteiger partial charge is 0.378 e. The number of hydrogen-bond acceptors (Lipinski definition) is 6. The van der Waals surface area contributed by atoms with Crippen molar-refractivity contribution in [3.8, 4) is 6.07 Å². The number of nitriles is 1. The quantitative estimate of drug-likeness (QED) is 0.357. The van der Waals surface area contributed by atoms with Gasteiger partial charge in [-0.05, 0) is 44.8 Å². The molecule has 8 heteroatoms. The fourth-order valence-corrected chi connectivity index (χ4v) is 4.12. The van der Waals surface area contributed by atoms with E-state index < -0.39 is 11.6 Å². The molecular weight excluding hydrogens is 448 g/mol. The van der Waals surface area contributed by atoms with Crippen molar-refractivity contribution >= 4 is 40.4 Å². The van der Waals surface area contributed by atoms with Gasteiger partial charge >= 0.3 is 0 Å². The Bertz CT molecular complexity index is 1380. The molecule has 0 amide bonds. The molecule has 0 radical (unpaired) electrons. The number of halogens is 2. The third kappa shape index (κ3) is 4.91. The van der Waals surface area contributed by atoms with Crippen LogP contribution >= 0.6 is 0 Å². The molecule has 6 nitrogen and oxygen atoms in total. The molecule has 2 heterocycles. The summed E-state index contributed by atoms with van der Waals surface area (Å²) in [5, 5.41) is 13.1. The number of aliphatic imine (C=N–C) groups is 1. The molecule has 0 saturated carbocycles. The van der Waals surface area contributed by atoms with Crippen LogP contribution in [0.3, 0.4) is 0 Å². The first kappa shape index (κ1) is 24.0. The molecule has 0 bridgehead atoms. The van der Waals surface area contributed by atoms with Crippen molar-refractivity contribution in [3.63, 3.8) is 0 Å². The van der Waals surface area contributed by atoms with Crippen molar-refractivity contribution in [3.05, 3.63) is 77.0 Å². The van der Waals surface area contributed by atoms with Crippen molar-refractivity contribution in [2.24, 2.45) is 4.99 Å². The van der Waals surface area contributed by atoms with Gasteiger partial charge < -0.3 is 15.0 Å². The standard InChI is InChI=1S/C27H25F2N5O/c1-4-5-6-22(31-3)26-17(2)27(25-21(29)13-19(28)14-23(25)33-26)32-20-8-7-18(16-30)24(15-20)34-9-11-35-12-10-34/h4-8,13-15H,3,9-12H2,1-2H3,(H,32,33)/b5-4-,22-6-. The number of aromatic nitrogens is 1. The molecule has 1 aromatic heterocycles. The molecule has 0 unspecified atom stereocenters. The van der Waals surface area contributed by atoms with E-state index in [9.17, 15) is 9.65 Å². The zero-order valence-corrected chi connectivity index (χ0v) is 19.6. The Balaban J connectivity index is 1.89. The maximum atomic E-state index is 15.0. The van der Waals surface area contributed by atoms with Gasteiger partial charge in [0.1, 0.15) is 17.7 Å². The lowest BCUT2D eigenvalue weighted by atomic mass is 10.0. The smallest absolute Gasteiger partial charge is 0.137 e. The first-order chi connectivity index (χ1) is 17.0. The lowest BCUT2D eigenvalue weighted by Crippen LogP contribution is -2.36. The van der Waals surface area contributed by atoms with Gasteiger partial charge in [0.2, 0.25) is 0 Å². The van der Waals surface area contributed by atoms with Crippen molar-refractivity contribution in [1.82, 2.24) is 4.98 Å². The van der Waals surface area contributed by atoms with Crippen molar-refractivity contribution in [2.45, 2.75) is 13.8 Å². The van der Waals surface area contributed by atoms with Gasteiger partial charge in [-0.25, -0.2) is 13.8 Å². The Morgan fingerprint density at radius 3 is 2.71 bits per heavy atom. The topological polar surface area (TPSA) is 73.5 Å². The van der Waals surface area contributed by atoms with E-state index >= 15 is 4.39 Å². The predicted molar refractivity (Wildman–Crippen MR) is 136 cm³/mol. The van der Waals surface area contributed by atoms with Gasteiger partial charge in [0.15, 0.2) is 0 Å². The molecule has 1 N–H and O–H groups in total. The summed E-state index contributed by atoms with van der Waals surface area (Å²) in [6.07, 6.45) is 5.37. The number of ether oxygens (including phenoxy) is 1. The molecule has 1 saturated heterocycles. The lowest BCUT2D eigenvalue weighted by Gasteiger charge is -2.30. The summed E-state index contributed by atoms with van der Waals surface area (Å²) in [5.74, 6) is -1.45. The Hall–Kier alpha value is -4.09. The second kappa shape index (κ2) is 10.5. The van der Waals surface area contributed by atoms with Gasteiger partial charge in [-0.2, -0.15) is 5.26 Å². The van der Waals surface area contributed by atoms with Crippen LogP contribution in [0.5, 0.6) is 0 Å². The highest BCUT2D eigenvalue weighted by molar-refractivity contribution is 5.98. The van der Waals surface area contributed by atoms with Gasteiger partial charge in [0, 0.05) is 36.5 Å². The fourth-order valence-electron chi connectivity index (χ4n) is 4.12. The summed E-state index contributed by atoms with van der Waals surface area (Å²) < 4.78 is 34.6. The maximum absolute atomic E-state index is 15.0. The van der Waals surface area contributed by atoms with E-state index in [4.69, 9.17) is 4.74 Å². The molecule has 35 heavy (non-hydrogen) atoms. The zero-order valence-electron chi connectivity index (χ0n) is 19.6. The van der Waals surface area contributed by atoms with E-state index in [1.807, 2.05) is 19.1 Å². The molecule has 0 atom stereocenters. The summed E-state index contributed by atoms with van der Waals surface area (Å²) in [6.45, 7) is 9.78. The summed E-state index contributed by atoms with van der Waals surface area (Å²) in [7, 11) is 0. The van der Waals surface area contributed by atoms with Crippen LogP contribution in [0.25, 0.3) is 16.6 Å². The number of benzene rings is 2. The van der Waals surface area contributed by atoms with Crippen molar-refractivity contribution < 1.29 is 13.5 Å². The number of hydrogen-bond donors (Lipinski definition) is 1. The van der Waals surface area contributed by atoms with Crippen LogP contribution < -0.4 is 10.2 Å². The molecule has 0 spiro atoms. The molecule has 1 aliphatic rings. The molecule has 1 fully saturated rings. The van der Waals surface area contributed by atoms with Crippen molar-refractivity contribution in [1.29, 1.82) is 5.26 Å². The Morgan fingerprint density at radius 2 is 2.03 bits per heavy atom. The third-order valence-electron chi connectivity index (χ3n) is 5.85. The Labute approximate surface area is 202 Å². The average Bonchev–Trinajstić information content (AvgIpc) is 2.86. The molecule has 4 rings (SSSR count). The monoisotopic (exact) mass is 473 g/mol. The zero-order chi connectivity index (χ0) is 24.9. The first-order valence-corrected chi connectivity index (χ1v) is 11.2. The molecule has 2 aromatic carbocycles.